The number of carbonyl (C=O) groups excluding carboxylic acids is 1. The van der Waals surface area contributed by atoms with E-state index in [0.29, 0.717) is 6.42 Å². The van der Waals surface area contributed by atoms with Crippen molar-refractivity contribution in [3.05, 3.63) is 35.4 Å². The van der Waals surface area contributed by atoms with Crippen molar-refractivity contribution in [3.8, 4) is 0 Å². The number of ketones is 1. The van der Waals surface area contributed by atoms with Gasteiger partial charge >= 0.3 is 0 Å². The van der Waals surface area contributed by atoms with E-state index in [0.717, 1.165) is 24.1 Å². The fourth-order valence-electron chi connectivity index (χ4n) is 1.49. The normalized spacial score (nSPS) is 16.2. The highest BCUT2D eigenvalue weighted by Crippen LogP contribution is 2.12. The number of hydrogen-bond acceptors (Lipinski definition) is 2. The average molecular weight is 173 g/mol. The molecule has 0 atom stereocenters. The lowest BCUT2D eigenvalue weighted by Gasteiger charge is -2.06. The minimum Gasteiger partial charge on any atom is -0.294 e. The molecule has 0 fully saturated rings. The summed E-state index contributed by atoms with van der Waals surface area (Å²) >= 11 is 0. The first-order chi connectivity index (χ1) is 6.38. The van der Waals surface area contributed by atoms with E-state index in [4.69, 9.17) is 0 Å². The molecule has 0 saturated carbocycles. The zero-order chi connectivity index (χ0) is 9.10. The van der Waals surface area contributed by atoms with Gasteiger partial charge in [-0.3, -0.25) is 9.79 Å². The summed E-state index contributed by atoms with van der Waals surface area (Å²) in [5.41, 5.74) is 1.76. The van der Waals surface area contributed by atoms with Crippen LogP contribution in [0, 0.1) is 0 Å². The molecule has 0 unspecified atom stereocenters. The van der Waals surface area contributed by atoms with Gasteiger partial charge in [0.05, 0.1) is 0 Å². The van der Waals surface area contributed by atoms with Crippen LogP contribution in [-0.2, 0) is 0 Å². The third kappa shape index (κ3) is 1.66. The summed E-state index contributed by atoms with van der Waals surface area (Å²) in [7, 11) is 0. The van der Waals surface area contributed by atoms with Crippen LogP contribution in [0.25, 0.3) is 0 Å². The molecule has 0 aliphatic carbocycles. The Balaban J connectivity index is 2.49. The molecule has 13 heavy (non-hydrogen) atoms. The van der Waals surface area contributed by atoms with Crippen molar-refractivity contribution in [2.45, 2.75) is 12.8 Å². The number of carbonyl (C=O) groups is 1. The van der Waals surface area contributed by atoms with Crippen LogP contribution < -0.4 is 0 Å². The van der Waals surface area contributed by atoms with E-state index in [9.17, 15) is 4.79 Å². The summed E-state index contributed by atoms with van der Waals surface area (Å²) in [6.45, 7) is 0.764. The Morgan fingerprint density at radius 2 is 2.08 bits per heavy atom. The molecule has 0 aromatic heterocycles. The van der Waals surface area contributed by atoms with E-state index in [1.807, 2.05) is 24.3 Å². The van der Waals surface area contributed by atoms with Gasteiger partial charge in [0.1, 0.15) is 0 Å². The molecule has 66 valence electrons. The van der Waals surface area contributed by atoms with E-state index in [1.165, 1.54) is 0 Å². The molecule has 0 amide bonds. The molecule has 0 saturated heterocycles. The molecule has 1 aromatic carbocycles. The first-order valence-electron chi connectivity index (χ1n) is 4.50. The van der Waals surface area contributed by atoms with Crippen LogP contribution in [0.4, 0.5) is 0 Å². The third-order valence-electron chi connectivity index (χ3n) is 2.18. The van der Waals surface area contributed by atoms with E-state index in [2.05, 4.69) is 4.99 Å². The molecule has 2 rings (SSSR count). The minimum absolute atomic E-state index is 0.238. The number of aliphatic imine (C=N–C) groups is 1. The zero-order valence-corrected chi connectivity index (χ0v) is 7.36. The molecule has 0 bridgehead atoms. The Morgan fingerprint density at radius 1 is 1.23 bits per heavy atom. The Bertz CT molecular complexity index is 355. The minimum atomic E-state index is 0.238. The van der Waals surface area contributed by atoms with Gasteiger partial charge in [0.2, 0.25) is 0 Å². The fourth-order valence-corrected chi connectivity index (χ4v) is 1.49. The standard InChI is InChI=1S/C11H11NO/c13-11-6-3-7-12-8-9-4-1-2-5-10(9)11/h1-2,4-5,8H,3,6-7H2. The van der Waals surface area contributed by atoms with E-state index < -0.39 is 0 Å². The van der Waals surface area contributed by atoms with Crippen molar-refractivity contribution >= 4 is 12.0 Å². The lowest BCUT2D eigenvalue weighted by Crippen LogP contribution is -2.06. The molecule has 1 aromatic rings. The summed E-state index contributed by atoms with van der Waals surface area (Å²) in [6.07, 6.45) is 3.28. The Kier molecular flexibility index (Phi) is 2.21. The third-order valence-corrected chi connectivity index (χ3v) is 2.18. The van der Waals surface area contributed by atoms with Crippen molar-refractivity contribution in [3.63, 3.8) is 0 Å². The van der Waals surface area contributed by atoms with E-state index in [1.54, 1.807) is 6.21 Å². The topological polar surface area (TPSA) is 29.4 Å². The predicted molar refractivity (Wildman–Crippen MR) is 52.5 cm³/mol. The number of rotatable bonds is 0. The first-order valence-corrected chi connectivity index (χ1v) is 4.50. The summed E-state index contributed by atoms with van der Waals surface area (Å²) in [5, 5.41) is 0. The zero-order valence-electron chi connectivity index (χ0n) is 7.36. The van der Waals surface area contributed by atoms with Gasteiger partial charge in [0, 0.05) is 30.3 Å². The number of Topliss-reactive ketones (excluding diaryl/α,β-unsaturated/α-hetero) is 1. The fraction of sp³-hybridized carbons (Fsp3) is 0.273. The van der Waals surface area contributed by atoms with Crippen molar-refractivity contribution < 1.29 is 4.79 Å². The second-order valence-electron chi connectivity index (χ2n) is 3.15. The molecule has 1 aliphatic rings. The van der Waals surface area contributed by atoms with Crippen molar-refractivity contribution in [1.82, 2.24) is 0 Å². The van der Waals surface area contributed by atoms with Gasteiger partial charge in [0.25, 0.3) is 0 Å². The van der Waals surface area contributed by atoms with Gasteiger partial charge in [-0.1, -0.05) is 24.3 Å². The van der Waals surface area contributed by atoms with Gasteiger partial charge in [-0.2, -0.15) is 0 Å². The molecule has 2 nitrogen and oxygen atoms in total. The van der Waals surface area contributed by atoms with Crippen LogP contribution in [0.15, 0.2) is 29.3 Å². The molecule has 0 spiro atoms. The van der Waals surface area contributed by atoms with Crippen LogP contribution in [0.2, 0.25) is 0 Å². The molecule has 2 heteroatoms. The molecule has 0 N–H and O–H groups in total. The van der Waals surface area contributed by atoms with Gasteiger partial charge in [-0.05, 0) is 6.42 Å². The Labute approximate surface area is 77.3 Å². The van der Waals surface area contributed by atoms with Crippen LogP contribution in [0.3, 0.4) is 0 Å². The summed E-state index contributed by atoms with van der Waals surface area (Å²) < 4.78 is 0. The SMILES string of the molecule is O=C1CCCN=Cc2ccccc21. The Hall–Kier alpha value is -1.44. The maximum Gasteiger partial charge on any atom is 0.163 e. The van der Waals surface area contributed by atoms with E-state index in [-0.39, 0.29) is 5.78 Å². The van der Waals surface area contributed by atoms with Crippen LogP contribution in [0.1, 0.15) is 28.8 Å². The Morgan fingerprint density at radius 3 is 3.00 bits per heavy atom. The number of hydrogen-bond donors (Lipinski definition) is 0. The quantitative estimate of drug-likeness (QED) is 0.590. The lowest BCUT2D eigenvalue weighted by molar-refractivity contribution is 0.0980. The summed E-state index contributed by atoms with van der Waals surface area (Å²) in [5.74, 6) is 0.238. The number of benzene rings is 1. The maximum absolute atomic E-state index is 11.6. The largest absolute Gasteiger partial charge is 0.294 e. The first kappa shape index (κ1) is 8.17. The van der Waals surface area contributed by atoms with Gasteiger partial charge in [-0.15, -0.1) is 0 Å². The van der Waals surface area contributed by atoms with Gasteiger partial charge in [-0.25, -0.2) is 0 Å². The maximum atomic E-state index is 11.6. The summed E-state index contributed by atoms with van der Waals surface area (Å²) in [6, 6.07) is 7.63. The van der Waals surface area contributed by atoms with Crippen LogP contribution >= 0.6 is 0 Å². The van der Waals surface area contributed by atoms with Gasteiger partial charge in [0.15, 0.2) is 5.78 Å². The van der Waals surface area contributed by atoms with Crippen molar-refractivity contribution in [2.75, 3.05) is 6.54 Å². The van der Waals surface area contributed by atoms with Crippen molar-refractivity contribution in [2.24, 2.45) is 4.99 Å². The van der Waals surface area contributed by atoms with Crippen LogP contribution in [0.5, 0.6) is 0 Å². The predicted octanol–water partition coefficient (Wildman–Crippen LogP) is 2.08. The lowest BCUT2D eigenvalue weighted by atomic mass is 10.0. The average Bonchev–Trinajstić information content (AvgIpc) is 2.14. The van der Waals surface area contributed by atoms with E-state index >= 15 is 0 Å². The smallest absolute Gasteiger partial charge is 0.163 e. The molecule has 1 heterocycles. The molecule has 1 aliphatic heterocycles. The number of fused-ring (bicyclic) bond motifs is 1. The number of nitrogens with zero attached hydrogens (tertiary/aromatic N) is 1. The second kappa shape index (κ2) is 3.52. The summed E-state index contributed by atoms with van der Waals surface area (Å²) in [4.78, 5) is 15.8. The highest BCUT2D eigenvalue weighted by atomic mass is 16.1. The second-order valence-corrected chi connectivity index (χ2v) is 3.15. The van der Waals surface area contributed by atoms with Crippen molar-refractivity contribution in [1.29, 1.82) is 0 Å². The molecular formula is C11H11NO. The van der Waals surface area contributed by atoms with Crippen LogP contribution in [-0.4, -0.2) is 18.5 Å². The highest BCUT2D eigenvalue weighted by Gasteiger charge is 2.10. The highest BCUT2D eigenvalue weighted by molar-refractivity contribution is 6.03. The molecule has 0 radical (unpaired) electrons. The monoisotopic (exact) mass is 173 g/mol. The molecular weight excluding hydrogens is 162 g/mol. The van der Waals surface area contributed by atoms with Gasteiger partial charge < -0.3 is 0 Å².